The summed E-state index contributed by atoms with van der Waals surface area (Å²) in [7, 11) is -3.10. The summed E-state index contributed by atoms with van der Waals surface area (Å²) in [4.78, 5) is 14.6. The van der Waals surface area contributed by atoms with Crippen molar-refractivity contribution in [2.24, 2.45) is 0 Å². The molecular weight excluding hydrogens is 364 g/mol. The van der Waals surface area contributed by atoms with Crippen molar-refractivity contribution >= 4 is 27.1 Å². The van der Waals surface area contributed by atoms with Crippen LogP contribution in [0.4, 0.5) is 11.4 Å². The monoisotopic (exact) mass is 388 g/mol. The van der Waals surface area contributed by atoms with Gasteiger partial charge < -0.3 is 15.0 Å². The number of amides is 1. The summed E-state index contributed by atoms with van der Waals surface area (Å²) in [6.07, 6.45) is 0.457. The molecule has 2 aromatic carbocycles. The Morgan fingerprint density at radius 2 is 1.85 bits per heavy atom. The number of carbonyl (C=O) groups is 1. The van der Waals surface area contributed by atoms with Gasteiger partial charge in [0.25, 0.3) is 0 Å². The Labute approximate surface area is 160 Å². The number of hydrogen-bond acceptors (Lipinski definition) is 5. The maximum Gasteiger partial charge on any atom is 0.246 e. The Balaban J connectivity index is 1.78. The molecule has 144 valence electrons. The van der Waals surface area contributed by atoms with Crippen LogP contribution in [0.15, 0.2) is 54.6 Å². The van der Waals surface area contributed by atoms with Crippen molar-refractivity contribution in [3.05, 3.63) is 54.6 Å². The minimum atomic E-state index is -3.10. The maximum atomic E-state index is 13.0. The van der Waals surface area contributed by atoms with Crippen LogP contribution in [0.25, 0.3) is 0 Å². The van der Waals surface area contributed by atoms with E-state index in [-0.39, 0.29) is 30.0 Å². The highest BCUT2D eigenvalue weighted by Gasteiger charge is 2.35. The number of nitrogens with zero attached hydrogens (tertiary/aromatic N) is 1. The molecule has 7 heteroatoms. The molecule has 0 bridgehead atoms. The average molecular weight is 388 g/mol. The van der Waals surface area contributed by atoms with Crippen molar-refractivity contribution in [2.75, 3.05) is 34.9 Å². The molecule has 27 heavy (non-hydrogen) atoms. The highest BCUT2D eigenvalue weighted by Crippen LogP contribution is 2.26. The molecule has 1 heterocycles. The van der Waals surface area contributed by atoms with E-state index in [1.807, 2.05) is 61.5 Å². The summed E-state index contributed by atoms with van der Waals surface area (Å²) in [6, 6.07) is 16.3. The van der Waals surface area contributed by atoms with Crippen molar-refractivity contribution in [3.63, 3.8) is 0 Å². The predicted molar refractivity (Wildman–Crippen MR) is 107 cm³/mol. The van der Waals surface area contributed by atoms with Gasteiger partial charge in [0.15, 0.2) is 9.84 Å². The summed E-state index contributed by atoms with van der Waals surface area (Å²) in [5.74, 6) is 0.634. The first-order valence-corrected chi connectivity index (χ1v) is 10.9. The maximum absolute atomic E-state index is 13.0. The third-order valence-corrected chi connectivity index (χ3v) is 6.24. The van der Waals surface area contributed by atoms with Crippen LogP contribution >= 0.6 is 0 Å². The standard InChI is InChI=1S/C20H24N2O4S/c1-2-26-19-11-7-6-10-18(19)21-14-20(23)22(16-8-4-3-5-9-16)17-12-13-27(24,25)15-17/h3-11,17,21H,2,12-15H2,1H3. The highest BCUT2D eigenvalue weighted by atomic mass is 32.2. The fourth-order valence-electron chi connectivity index (χ4n) is 3.28. The number of para-hydroxylation sites is 3. The number of ether oxygens (including phenoxy) is 1. The Kier molecular flexibility index (Phi) is 6.01. The molecule has 1 saturated heterocycles. The van der Waals surface area contributed by atoms with Crippen molar-refractivity contribution in [2.45, 2.75) is 19.4 Å². The lowest BCUT2D eigenvalue weighted by molar-refractivity contribution is -0.117. The smallest absolute Gasteiger partial charge is 0.246 e. The second kappa shape index (κ2) is 8.43. The van der Waals surface area contributed by atoms with Gasteiger partial charge in [-0.25, -0.2) is 8.42 Å². The summed E-state index contributed by atoms with van der Waals surface area (Å²) in [6.45, 7) is 2.48. The zero-order chi connectivity index (χ0) is 19.3. The van der Waals surface area contributed by atoms with Crippen molar-refractivity contribution < 1.29 is 17.9 Å². The summed E-state index contributed by atoms with van der Waals surface area (Å²) in [5.41, 5.74) is 1.45. The molecule has 1 N–H and O–H groups in total. The fraction of sp³-hybridized carbons (Fsp3) is 0.350. The molecule has 1 aliphatic rings. The van der Waals surface area contributed by atoms with E-state index >= 15 is 0 Å². The van der Waals surface area contributed by atoms with Gasteiger partial charge >= 0.3 is 0 Å². The van der Waals surface area contributed by atoms with Gasteiger partial charge in [-0.2, -0.15) is 0 Å². The number of hydrogen-bond donors (Lipinski definition) is 1. The Morgan fingerprint density at radius 3 is 2.52 bits per heavy atom. The third kappa shape index (κ3) is 4.80. The van der Waals surface area contributed by atoms with E-state index in [2.05, 4.69) is 5.32 Å². The minimum absolute atomic E-state index is 0.00314. The lowest BCUT2D eigenvalue weighted by atomic mass is 10.1. The van der Waals surface area contributed by atoms with Crippen LogP contribution in [0, 0.1) is 0 Å². The molecule has 0 spiro atoms. The summed E-state index contributed by atoms with van der Waals surface area (Å²) in [5, 5.41) is 3.13. The topological polar surface area (TPSA) is 75.7 Å². The van der Waals surface area contributed by atoms with Gasteiger partial charge in [-0.3, -0.25) is 4.79 Å². The van der Waals surface area contributed by atoms with Crippen LogP contribution in [-0.2, 0) is 14.6 Å². The Morgan fingerprint density at radius 1 is 1.15 bits per heavy atom. The van der Waals surface area contributed by atoms with E-state index in [1.54, 1.807) is 4.90 Å². The average Bonchev–Trinajstić information content (AvgIpc) is 3.02. The van der Waals surface area contributed by atoms with Crippen LogP contribution in [0.1, 0.15) is 13.3 Å². The van der Waals surface area contributed by atoms with Crippen molar-refractivity contribution in [1.82, 2.24) is 0 Å². The zero-order valence-electron chi connectivity index (χ0n) is 15.3. The van der Waals surface area contributed by atoms with E-state index in [9.17, 15) is 13.2 Å². The van der Waals surface area contributed by atoms with Gasteiger partial charge in [0, 0.05) is 5.69 Å². The molecular formula is C20H24N2O4S. The first-order valence-electron chi connectivity index (χ1n) is 9.03. The quantitative estimate of drug-likeness (QED) is 0.789. The molecule has 1 aliphatic heterocycles. The largest absolute Gasteiger partial charge is 0.492 e. The van der Waals surface area contributed by atoms with Crippen LogP contribution in [0.3, 0.4) is 0 Å². The summed E-state index contributed by atoms with van der Waals surface area (Å²) < 4.78 is 29.4. The Hall–Kier alpha value is -2.54. The Bertz CT molecular complexity index is 884. The van der Waals surface area contributed by atoms with E-state index in [0.29, 0.717) is 24.5 Å². The third-order valence-electron chi connectivity index (χ3n) is 4.49. The fourth-order valence-corrected chi connectivity index (χ4v) is 4.98. The van der Waals surface area contributed by atoms with E-state index in [0.717, 1.165) is 5.69 Å². The van der Waals surface area contributed by atoms with E-state index in [1.165, 1.54) is 0 Å². The van der Waals surface area contributed by atoms with Crippen LogP contribution in [0.2, 0.25) is 0 Å². The van der Waals surface area contributed by atoms with E-state index < -0.39 is 9.84 Å². The van der Waals surface area contributed by atoms with Crippen molar-refractivity contribution in [3.8, 4) is 5.75 Å². The lowest BCUT2D eigenvalue weighted by Gasteiger charge is -2.29. The zero-order valence-corrected chi connectivity index (χ0v) is 16.1. The number of nitrogens with one attached hydrogen (secondary N) is 1. The molecule has 0 aliphatic carbocycles. The molecule has 0 radical (unpaired) electrons. The summed E-state index contributed by atoms with van der Waals surface area (Å²) >= 11 is 0. The van der Waals surface area contributed by atoms with Gasteiger partial charge in [0.1, 0.15) is 5.75 Å². The number of sulfone groups is 1. The molecule has 1 atom stereocenters. The number of anilines is 2. The normalized spacial score (nSPS) is 18.0. The molecule has 3 rings (SSSR count). The first kappa shape index (κ1) is 19.2. The molecule has 2 aromatic rings. The number of carbonyl (C=O) groups excluding carboxylic acids is 1. The van der Waals surface area contributed by atoms with Crippen molar-refractivity contribution in [1.29, 1.82) is 0 Å². The van der Waals surface area contributed by atoms with Gasteiger partial charge in [-0.15, -0.1) is 0 Å². The minimum Gasteiger partial charge on any atom is -0.492 e. The second-order valence-electron chi connectivity index (χ2n) is 6.44. The molecule has 0 saturated carbocycles. The molecule has 6 nitrogen and oxygen atoms in total. The van der Waals surface area contributed by atoms with Crippen LogP contribution in [-0.4, -0.2) is 45.0 Å². The number of benzene rings is 2. The number of rotatable bonds is 7. The lowest BCUT2D eigenvalue weighted by Crippen LogP contribution is -2.44. The van der Waals surface area contributed by atoms with Crippen LogP contribution in [0.5, 0.6) is 5.75 Å². The van der Waals surface area contributed by atoms with Crippen LogP contribution < -0.4 is 15.0 Å². The second-order valence-corrected chi connectivity index (χ2v) is 8.67. The van der Waals surface area contributed by atoms with E-state index in [4.69, 9.17) is 4.74 Å². The molecule has 1 amide bonds. The first-order chi connectivity index (χ1) is 13.0. The molecule has 1 unspecified atom stereocenters. The molecule has 0 aromatic heterocycles. The van der Waals surface area contributed by atoms with Gasteiger partial charge in [-0.05, 0) is 37.6 Å². The molecule has 1 fully saturated rings. The van der Waals surface area contributed by atoms with Gasteiger partial charge in [-0.1, -0.05) is 30.3 Å². The highest BCUT2D eigenvalue weighted by molar-refractivity contribution is 7.91. The predicted octanol–water partition coefficient (Wildman–Crippen LogP) is 2.72. The van der Waals surface area contributed by atoms with Gasteiger partial charge in [0.05, 0.1) is 36.4 Å². The van der Waals surface area contributed by atoms with Gasteiger partial charge in [0.2, 0.25) is 5.91 Å². The SMILES string of the molecule is CCOc1ccccc1NCC(=O)N(c1ccccc1)C1CCS(=O)(=O)C1.